The predicted molar refractivity (Wildman–Crippen MR) is 86.2 cm³/mol. The standard InChI is InChI=1S/C15H16ClN3O3/c16-12-8-13(19(20)21)15(17)14(9-12)22-7-6-18-10-11-4-2-1-3-5-11/h1-5,8-9,18H,6-7,10,17H2. The Morgan fingerprint density at radius 3 is 2.68 bits per heavy atom. The zero-order valence-corrected chi connectivity index (χ0v) is 12.5. The Bertz CT molecular complexity index is 650. The average Bonchev–Trinajstić information content (AvgIpc) is 2.50. The van der Waals surface area contributed by atoms with Gasteiger partial charge in [-0.2, -0.15) is 0 Å². The lowest BCUT2D eigenvalue weighted by Gasteiger charge is -2.10. The number of nitrogen functional groups attached to an aromatic ring is 1. The van der Waals surface area contributed by atoms with Crippen LogP contribution in [0.4, 0.5) is 11.4 Å². The lowest BCUT2D eigenvalue weighted by atomic mass is 10.2. The van der Waals surface area contributed by atoms with E-state index >= 15 is 0 Å². The minimum Gasteiger partial charge on any atom is -0.490 e. The van der Waals surface area contributed by atoms with Crippen molar-refractivity contribution in [2.24, 2.45) is 0 Å². The number of hydrogen-bond donors (Lipinski definition) is 2. The summed E-state index contributed by atoms with van der Waals surface area (Å²) >= 11 is 5.83. The number of nitrogens with two attached hydrogens (primary N) is 1. The third-order valence-electron chi connectivity index (χ3n) is 2.99. The maximum Gasteiger partial charge on any atom is 0.297 e. The van der Waals surface area contributed by atoms with E-state index in [1.54, 1.807) is 0 Å². The fourth-order valence-corrected chi connectivity index (χ4v) is 2.11. The number of anilines is 1. The van der Waals surface area contributed by atoms with Crippen molar-refractivity contribution in [3.05, 3.63) is 63.2 Å². The van der Waals surface area contributed by atoms with E-state index in [0.717, 1.165) is 6.54 Å². The molecule has 0 amide bonds. The van der Waals surface area contributed by atoms with Crippen LogP contribution < -0.4 is 15.8 Å². The van der Waals surface area contributed by atoms with Gasteiger partial charge < -0.3 is 15.8 Å². The molecule has 0 fully saturated rings. The summed E-state index contributed by atoms with van der Waals surface area (Å²) in [7, 11) is 0. The minimum absolute atomic E-state index is 0.0162. The number of hydrogen-bond acceptors (Lipinski definition) is 5. The molecule has 0 aliphatic carbocycles. The van der Waals surface area contributed by atoms with Crippen LogP contribution in [-0.4, -0.2) is 18.1 Å². The predicted octanol–water partition coefficient (Wildman–Crippen LogP) is 3.00. The highest BCUT2D eigenvalue weighted by atomic mass is 35.5. The molecule has 2 aromatic carbocycles. The Morgan fingerprint density at radius 2 is 2.00 bits per heavy atom. The highest BCUT2D eigenvalue weighted by Gasteiger charge is 2.17. The second-order valence-electron chi connectivity index (χ2n) is 4.60. The molecule has 116 valence electrons. The van der Waals surface area contributed by atoms with Crippen molar-refractivity contribution in [3.8, 4) is 5.75 Å². The monoisotopic (exact) mass is 321 g/mol. The van der Waals surface area contributed by atoms with Gasteiger partial charge in [0, 0.05) is 25.2 Å². The summed E-state index contributed by atoms with van der Waals surface area (Å²) in [6.07, 6.45) is 0. The molecular weight excluding hydrogens is 306 g/mol. The maximum atomic E-state index is 10.9. The van der Waals surface area contributed by atoms with Crippen molar-refractivity contribution in [3.63, 3.8) is 0 Å². The van der Waals surface area contributed by atoms with E-state index in [-0.39, 0.29) is 22.1 Å². The number of nitro benzene ring substituents is 1. The van der Waals surface area contributed by atoms with Gasteiger partial charge in [0.1, 0.15) is 6.61 Å². The van der Waals surface area contributed by atoms with Crippen molar-refractivity contribution in [1.29, 1.82) is 0 Å². The van der Waals surface area contributed by atoms with Gasteiger partial charge in [-0.05, 0) is 5.56 Å². The van der Waals surface area contributed by atoms with Crippen molar-refractivity contribution < 1.29 is 9.66 Å². The van der Waals surface area contributed by atoms with E-state index in [4.69, 9.17) is 22.1 Å². The Balaban J connectivity index is 1.85. The van der Waals surface area contributed by atoms with Crippen LogP contribution >= 0.6 is 11.6 Å². The molecule has 2 rings (SSSR count). The molecule has 2 aromatic rings. The Hall–Kier alpha value is -2.31. The summed E-state index contributed by atoms with van der Waals surface area (Å²) in [5.41, 5.74) is 6.61. The minimum atomic E-state index is -0.582. The number of nitrogens with one attached hydrogen (secondary N) is 1. The summed E-state index contributed by atoms with van der Waals surface area (Å²) in [4.78, 5) is 10.3. The highest BCUT2D eigenvalue weighted by molar-refractivity contribution is 6.31. The molecule has 0 radical (unpaired) electrons. The van der Waals surface area contributed by atoms with Crippen LogP contribution in [0.25, 0.3) is 0 Å². The van der Waals surface area contributed by atoms with Crippen LogP contribution in [0, 0.1) is 10.1 Å². The summed E-state index contributed by atoms with van der Waals surface area (Å²) < 4.78 is 5.47. The van der Waals surface area contributed by atoms with Crippen molar-refractivity contribution >= 4 is 23.0 Å². The molecule has 0 bridgehead atoms. The van der Waals surface area contributed by atoms with E-state index in [9.17, 15) is 10.1 Å². The van der Waals surface area contributed by atoms with E-state index in [1.165, 1.54) is 17.7 Å². The third-order valence-corrected chi connectivity index (χ3v) is 3.21. The first-order valence-electron chi connectivity index (χ1n) is 6.69. The largest absolute Gasteiger partial charge is 0.490 e. The smallest absolute Gasteiger partial charge is 0.297 e. The van der Waals surface area contributed by atoms with Crippen LogP contribution in [0.2, 0.25) is 5.02 Å². The number of ether oxygens (including phenoxy) is 1. The first kappa shape index (κ1) is 16.1. The first-order chi connectivity index (χ1) is 10.6. The van der Waals surface area contributed by atoms with Crippen LogP contribution in [0.1, 0.15) is 5.56 Å². The normalized spacial score (nSPS) is 10.4. The van der Waals surface area contributed by atoms with Gasteiger partial charge in [-0.15, -0.1) is 0 Å². The van der Waals surface area contributed by atoms with Gasteiger partial charge in [0.15, 0.2) is 11.4 Å². The Morgan fingerprint density at radius 1 is 1.27 bits per heavy atom. The van der Waals surface area contributed by atoms with Crippen LogP contribution in [0.3, 0.4) is 0 Å². The summed E-state index contributed by atoms with van der Waals surface area (Å²) in [6, 6.07) is 12.6. The quantitative estimate of drug-likeness (QED) is 0.354. The lowest BCUT2D eigenvalue weighted by molar-refractivity contribution is -0.383. The topological polar surface area (TPSA) is 90.4 Å². The molecule has 0 atom stereocenters. The highest BCUT2D eigenvalue weighted by Crippen LogP contribution is 2.34. The summed E-state index contributed by atoms with van der Waals surface area (Å²) in [5.74, 6) is 0.223. The fraction of sp³-hybridized carbons (Fsp3) is 0.200. The van der Waals surface area contributed by atoms with Crippen LogP contribution in [0.15, 0.2) is 42.5 Å². The van der Waals surface area contributed by atoms with Crippen molar-refractivity contribution in [2.45, 2.75) is 6.54 Å². The van der Waals surface area contributed by atoms with E-state index in [1.807, 2.05) is 30.3 Å². The van der Waals surface area contributed by atoms with E-state index < -0.39 is 4.92 Å². The molecule has 22 heavy (non-hydrogen) atoms. The van der Waals surface area contributed by atoms with Gasteiger partial charge in [-0.25, -0.2) is 0 Å². The molecule has 7 heteroatoms. The molecule has 6 nitrogen and oxygen atoms in total. The molecule has 0 saturated carbocycles. The summed E-state index contributed by atoms with van der Waals surface area (Å²) in [6.45, 7) is 1.62. The third kappa shape index (κ3) is 4.34. The van der Waals surface area contributed by atoms with Gasteiger partial charge in [0.2, 0.25) is 0 Å². The average molecular weight is 322 g/mol. The Labute approximate surface area is 133 Å². The maximum absolute atomic E-state index is 10.9. The number of nitro groups is 1. The molecule has 0 heterocycles. The summed E-state index contributed by atoms with van der Waals surface area (Å²) in [5, 5.41) is 14.3. The Kier molecular flexibility index (Phi) is 5.57. The lowest BCUT2D eigenvalue weighted by Crippen LogP contribution is -2.20. The van der Waals surface area contributed by atoms with Crippen molar-refractivity contribution in [2.75, 3.05) is 18.9 Å². The first-order valence-corrected chi connectivity index (χ1v) is 7.06. The molecular formula is C15H16ClN3O3. The van der Waals surface area contributed by atoms with Crippen molar-refractivity contribution in [1.82, 2.24) is 5.32 Å². The number of benzene rings is 2. The molecule has 0 aliphatic rings. The zero-order chi connectivity index (χ0) is 15.9. The van der Waals surface area contributed by atoms with Gasteiger partial charge in [-0.1, -0.05) is 41.9 Å². The number of nitrogens with zero attached hydrogens (tertiary/aromatic N) is 1. The van der Waals surface area contributed by atoms with Gasteiger partial charge >= 0.3 is 0 Å². The molecule has 0 spiro atoms. The molecule has 0 unspecified atom stereocenters. The molecule has 0 aliphatic heterocycles. The van der Waals surface area contributed by atoms with Crippen LogP contribution in [-0.2, 0) is 6.54 Å². The van der Waals surface area contributed by atoms with Gasteiger partial charge in [0.25, 0.3) is 5.69 Å². The second-order valence-corrected chi connectivity index (χ2v) is 5.04. The number of rotatable bonds is 7. The zero-order valence-electron chi connectivity index (χ0n) is 11.8. The second kappa shape index (κ2) is 7.63. The van der Waals surface area contributed by atoms with Crippen LogP contribution in [0.5, 0.6) is 5.75 Å². The SMILES string of the molecule is Nc1c(OCCNCc2ccccc2)cc(Cl)cc1[N+](=O)[O-]. The van der Waals surface area contributed by atoms with E-state index in [0.29, 0.717) is 13.2 Å². The van der Waals surface area contributed by atoms with E-state index in [2.05, 4.69) is 5.32 Å². The molecule has 0 saturated heterocycles. The molecule has 0 aromatic heterocycles. The fourth-order valence-electron chi connectivity index (χ4n) is 1.91. The van der Waals surface area contributed by atoms with Gasteiger partial charge in [0.05, 0.1) is 9.95 Å². The van der Waals surface area contributed by atoms with Gasteiger partial charge in [-0.3, -0.25) is 10.1 Å². The number of halogens is 1. The molecule has 3 N–H and O–H groups in total.